The zero-order valence-corrected chi connectivity index (χ0v) is 18.8. The van der Waals surface area contributed by atoms with Crippen LogP contribution >= 0.6 is 15.9 Å². The molecule has 2 aromatic carbocycles. The lowest BCUT2D eigenvalue weighted by Gasteiger charge is -2.27. The number of carbonyl (C=O) groups is 2. The van der Waals surface area contributed by atoms with E-state index in [2.05, 4.69) is 22.5 Å². The van der Waals surface area contributed by atoms with E-state index < -0.39 is 0 Å². The molecule has 0 aliphatic carbocycles. The number of rotatable bonds is 10. The van der Waals surface area contributed by atoms with E-state index in [0.717, 1.165) is 5.56 Å². The predicted octanol–water partition coefficient (Wildman–Crippen LogP) is 4.94. The monoisotopic (exact) mass is 480 g/mol. The molecule has 0 unspecified atom stereocenters. The fourth-order valence-electron chi connectivity index (χ4n) is 3.23. The Morgan fingerprint density at radius 1 is 0.968 bits per heavy atom. The molecule has 6 heteroatoms. The lowest BCUT2D eigenvalue weighted by atomic mass is 10.1. The van der Waals surface area contributed by atoms with Crippen LogP contribution in [0.4, 0.5) is 0 Å². The Bertz CT molecular complexity index is 1000. The Hall–Kier alpha value is -3.12. The minimum atomic E-state index is -0.221. The largest absolute Gasteiger partial charge is 0.467 e. The van der Waals surface area contributed by atoms with Crippen LogP contribution in [-0.4, -0.2) is 41.2 Å². The zero-order chi connectivity index (χ0) is 22.1. The molecule has 0 radical (unpaired) electrons. The zero-order valence-electron chi connectivity index (χ0n) is 17.2. The molecule has 0 saturated carbocycles. The second-order valence-corrected chi connectivity index (χ2v) is 7.94. The van der Waals surface area contributed by atoms with Gasteiger partial charge in [0.25, 0.3) is 5.91 Å². The van der Waals surface area contributed by atoms with Gasteiger partial charge in [0.2, 0.25) is 5.91 Å². The third-order valence-corrected chi connectivity index (χ3v) is 5.55. The fourth-order valence-corrected chi connectivity index (χ4v) is 3.69. The number of amides is 2. The van der Waals surface area contributed by atoms with Gasteiger partial charge in [-0.25, -0.2) is 0 Å². The molecular formula is C25H25BrN2O3. The Morgan fingerprint density at radius 2 is 1.71 bits per heavy atom. The number of hydrogen-bond donors (Lipinski definition) is 0. The molecule has 2 amide bonds. The van der Waals surface area contributed by atoms with Gasteiger partial charge >= 0.3 is 0 Å². The van der Waals surface area contributed by atoms with E-state index in [4.69, 9.17) is 4.42 Å². The van der Waals surface area contributed by atoms with Crippen LogP contribution < -0.4 is 0 Å². The first-order valence-electron chi connectivity index (χ1n) is 10.1. The number of nitrogens with zero attached hydrogens (tertiary/aromatic N) is 2. The molecule has 160 valence electrons. The summed E-state index contributed by atoms with van der Waals surface area (Å²) >= 11 is 3.42. The average Bonchev–Trinajstić information content (AvgIpc) is 3.30. The maximum atomic E-state index is 13.2. The van der Waals surface area contributed by atoms with Gasteiger partial charge in [-0.05, 0) is 52.2 Å². The lowest BCUT2D eigenvalue weighted by molar-refractivity contribution is -0.132. The highest BCUT2D eigenvalue weighted by Crippen LogP contribution is 2.18. The second-order valence-electron chi connectivity index (χ2n) is 7.08. The van der Waals surface area contributed by atoms with Crippen molar-refractivity contribution < 1.29 is 14.0 Å². The summed E-state index contributed by atoms with van der Waals surface area (Å²) < 4.78 is 6.15. The summed E-state index contributed by atoms with van der Waals surface area (Å²) in [6, 6.07) is 20.8. The Kier molecular flexibility index (Phi) is 8.24. The van der Waals surface area contributed by atoms with Crippen LogP contribution in [0.5, 0.6) is 0 Å². The van der Waals surface area contributed by atoms with E-state index in [1.165, 1.54) is 4.90 Å². The van der Waals surface area contributed by atoms with Crippen molar-refractivity contribution in [2.24, 2.45) is 0 Å². The second kappa shape index (κ2) is 11.3. The van der Waals surface area contributed by atoms with E-state index in [-0.39, 0.29) is 24.9 Å². The maximum absolute atomic E-state index is 13.2. The van der Waals surface area contributed by atoms with Gasteiger partial charge < -0.3 is 14.2 Å². The van der Waals surface area contributed by atoms with E-state index >= 15 is 0 Å². The molecule has 0 bridgehead atoms. The molecule has 31 heavy (non-hydrogen) atoms. The van der Waals surface area contributed by atoms with Gasteiger partial charge in [0.15, 0.2) is 0 Å². The molecule has 0 aliphatic rings. The first-order chi connectivity index (χ1) is 15.1. The van der Waals surface area contributed by atoms with Gasteiger partial charge in [0.1, 0.15) is 12.3 Å². The van der Waals surface area contributed by atoms with E-state index in [0.29, 0.717) is 35.3 Å². The summed E-state index contributed by atoms with van der Waals surface area (Å²) in [6.45, 7) is 4.85. The highest BCUT2D eigenvalue weighted by Gasteiger charge is 2.23. The minimum Gasteiger partial charge on any atom is -0.467 e. The summed E-state index contributed by atoms with van der Waals surface area (Å²) in [5, 5.41) is 0. The third kappa shape index (κ3) is 6.43. The van der Waals surface area contributed by atoms with Crippen LogP contribution in [0.2, 0.25) is 0 Å². The van der Waals surface area contributed by atoms with Crippen LogP contribution in [0.25, 0.3) is 0 Å². The molecule has 0 spiro atoms. The molecule has 0 fully saturated rings. The summed E-state index contributed by atoms with van der Waals surface area (Å²) in [6.07, 6.45) is 3.94. The summed E-state index contributed by atoms with van der Waals surface area (Å²) in [5.74, 6) is 0.338. The van der Waals surface area contributed by atoms with Gasteiger partial charge in [0, 0.05) is 17.6 Å². The van der Waals surface area contributed by atoms with Crippen molar-refractivity contribution in [2.75, 3.05) is 19.6 Å². The SMILES string of the molecule is C=CCN(CC(=O)N(CCc1ccccc1)Cc1ccco1)C(=O)c1ccccc1Br. The Morgan fingerprint density at radius 3 is 2.39 bits per heavy atom. The van der Waals surface area contributed by atoms with Gasteiger partial charge in [-0.1, -0.05) is 48.5 Å². The average molecular weight is 481 g/mol. The lowest BCUT2D eigenvalue weighted by Crippen LogP contribution is -2.43. The molecule has 1 aromatic heterocycles. The minimum absolute atomic E-state index is 0.0400. The summed E-state index contributed by atoms with van der Waals surface area (Å²) in [4.78, 5) is 29.5. The van der Waals surface area contributed by atoms with Crippen molar-refractivity contribution in [1.29, 1.82) is 0 Å². The Labute approximate surface area is 191 Å². The smallest absolute Gasteiger partial charge is 0.255 e. The number of benzene rings is 2. The molecule has 1 heterocycles. The van der Waals surface area contributed by atoms with Crippen LogP contribution in [0.15, 0.2) is 94.5 Å². The van der Waals surface area contributed by atoms with Crippen LogP contribution in [0, 0.1) is 0 Å². The normalized spacial score (nSPS) is 10.5. The maximum Gasteiger partial charge on any atom is 0.255 e. The molecule has 0 atom stereocenters. The van der Waals surface area contributed by atoms with Crippen molar-refractivity contribution >= 4 is 27.7 Å². The first kappa shape index (κ1) is 22.6. The highest BCUT2D eigenvalue weighted by molar-refractivity contribution is 9.10. The fraction of sp³-hybridized carbons (Fsp3) is 0.200. The molecule has 3 aromatic rings. The standard InChI is InChI=1S/C25H25BrN2O3/c1-2-15-28(25(30)22-12-6-7-13-23(22)26)19-24(29)27(18-21-11-8-17-31-21)16-14-20-9-4-3-5-10-20/h2-13,17H,1,14-16,18-19H2. The van der Waals surface area contributed by atoms with Crippen molar-refractivity contribution in [2.45, 2.75) is 13.0 Å². The quantitative estimate of drug-likeness (QED) is 0.386. The molecule has 3 rings (SSSR count). The predicted molar refractivity (Wildman–Crippen MR) is 125 cm³/mol. The first-order valence-corrected chi connectivity index (χ1v) is 10.9. The number of hydrogen-bond acceptors (Lipinski definition) is 3. The van der Waals surface area contributed by atoms with Gasteiger partial charge in [-0.15, -0.1) is 6.58 Å². The molecule has 0 saturated heterocycles. The van der Waals surface area contributed by atoms with E-state index in [1.54, 1.807) is 35.4 Å². The number of carbonyl (C=O) groups excluding carboxylic acids is 2. The topological polar surface area (TPSA) is 53.8 Å². The molecular weight excluding hydrogens is 456 g/mol. The van der Waals surface area contributed by atoms with Crippen molar-refractivity contribution in [3.05, 3.63) is 107 Å². The molecule has 0 aliphatic heterocycles. The van der Waals surface area contributed by atoms with Crippen molar-refractivity contribution in [3.8, 4) is 0 Å². The van der Waals surface area contributed by atoms with Crippen LogP contribution in [0.3, 0.4) is 0 Å². The number of furan rings is 1. The van der Waals surface area contributed by atoms with Crippen LogP contribution in [0.1, 0.15) is 21.7 Å². The summed E-state index contributed by atoms with van der Waals surface area (Å²) in [5.41, 5.74) is 1.66. The van der Waals surface area contributed by atoms with Crippen LogP contribution in [-0.2, 0) is 17.8 Å². The van der Waals surface area contributed by atoms with Crippen molar-refractivity contribution in [1.82, 2.24) is 9.80 Å². The van der Waals surface area contributed by atoms with Gasteiger partial charge in [-0.2, -0.15) is 0 Å². The highest BCUT2D eigenvalue weighted by atomic mass is 79.9. The summed E-state index contributed by atoms with van der Waals surface area (Å²) in [7, 11) is 0. The van der Waals surface area contributed by atoms with E-state index in [9.17, 15) is 9.59 Å². The molecule has 5 nitrogen and oxygen atoms in total. The third-order valence-electron chi connectivity index (χ3n) is 4.86. The van der Waals surface area contributed by atoms with E-state index in [1.807, 2.05) is 48.5 Å². The molecule has 0 N–H and O–H groups in total. The Balaban J connectivity index is 1.75. The van der Waals surface area contributed by atoms with Crippen molar-refractivity contribution in [3.63, 3.8) is 0 Å². The van der Waals surface area contributed by atoms with Gasteiger partial charge in [-0.3, -0.25) is 9.59 Å². The number of halogens is 1. The van der Waals surface area contributed by atoms with Gasteiger partial charge in [0.05, 0.1) is 18.4 Å².